The van der Waals surface area contributed by atoms with Gasteiger partial charge in [0.05, 0.1) is 6.26 Å². The van der Waals surface area contributed by atoms with Gasteiger partial charge in [-0.25, -0.2) is 0 Å². The summed E-state index contributed by atoms with van der Waals surface area (Å²) < 4.78 is 11.2. The lowest BCUT2D eigenvalue weighted by atomic mass is 9.95. The summed E-state index contributed by atoms with van der Waals surface area (Å²) in [4.78, 5) is 32.1. The summed E-state index contributed by atoms with van der Waals surface area (Å²) in [6.45, 7) is 1.08. The number of aromatic nitrogens is 1. The average Bonchev–Trinajstić information content (AvgIpc) is 3.34. The average molecular weight is 474 g/mol. The van der Waals surface area contributed by atoms with Crippen LogP contribution in [0.3, 0.4) is 0 Å². The first-order chi connectivity index (χ1) is 17.1. The standard InChI is InChI=1S/C26H27N5O4/c27-16-21-26(35-25(30-21)22-7-4-14-34-22)31-12-10-18(11-13-31)23(32)29-20(24(33)28-19-8-9-19)15-17-5-2-1-3-6-17/h1-7,14,18-20H,8-13,15H2,(H,28,33)(H,29,32). The van der Waals surface area contributed by atoms with Gasteiger partial charge in [0.15, 0.2) is 5.76 Å². The number of hydrogen-bond acceptors (Lipinski definition) is 7. The zero-order valence-corrected chi connectivity index (χ0v) is 19.3. The van der Waals surface area contributed by atoms with Crippen molar-refractivity contribution in [2.75, 3.05) is 18.0 Å². The van der Waals surface area contributed by atoms with Gasteiger partial charge in [-0.2, -0.15) is 10.2 Å². The Hall–Kier alpha value is -4.06. The summed E-state index contributed by atoms with van der Waals surface area (Å²) in [6.07, 6.45) is 5.11. The quantitative estimate of drug-likeness (QED) is 0.515. The Morgan fingerprint density at radius 2 is 1.89 bits per heavy atom. The van der Waals surface area contributed by atoms with E-state index in [0.29, 0.717) is 44.0 Å². The van der Waals surface area contributed by atoms with Gasteiger partial charge in [-0.1, -0.05) is 30.3 Å². The zero-order valence-electron chi connectivity index (χ0n) is 19.3. The molecule has 3 heterocycles. The van der Waals surface area contributed by atoms with E-state index in [1.807, 2.05) is 35.2 Å². The van der Waals surface area contributed by atoms with Crippen molar-refractivity contribution < 1.29 is 18.4 Å². The molecule has 2 fully saturated rings. The maximum atomic E-state index is 13.1. The van der Waals surface area contributed by atoms with Gasteiger partial charge in [0.1, 0.15) is 12.1 Å². The highest BCUT2D eigenvalue weighted by atomic mass is 16.4. The van der Waals surface area contributed by atoms with E-state index in [1.165, 1.54) is 6.26 Å². The number of rotatable bonds is 8. The molecule has 1 saturated carbocycles. The third kappa shape index (κ3) is 5.38. The lowest BCUT2D eigenvalue weighted by molar-refractivity contribution is -0.131. The monoisotopic (exact) mass is 473 g/mol. The Balaban J connectivity index is 1.21. The molecule has 1 aliphatic heterocycles. The lowest BCUT2D eigenvalue weighted by Gasteiger charge is -2.31. The van der Waals surface area contributed by atoms with Gasteiger partial charge < -0.3 is 24.4 Å². The third-order valence-corrected chi connectivity index (χ3v) is 6.44. The number of nitriles is 1. The number of amides is 2. The maximum Gasteiger partial charge on any atom is 0.266 e. The normalized spacial score (nSPS) is 16.9. The molecule has 0 bridgehead atoms. The summed E-state index contributed by atoms with van der Waals surface area (Å²) >= 11 is 0. The van der Waals surface area contributed by atoms with Crippen molar-refractivity contribution in [1.82, 2.24) is 15.6 Å². The Morgan fingerprint density at radius 1 is 1.11 bits per heavy atom. The van der Waals surface area contributed by atoms with Gasteiger partial charge in [0.2, 0.25) is 23.4 Å². The molecule has 2 N–H and O–H groups in total. The second kappa shape index (κ2) is 10.1. The maximum absolute atomic E-state index is 13.1. The molecule has 1 aliphatic carbocycles. The van der Waals surface area contributed by atoms with Crippen LogP contribution in [0.1, 0.15) is 36.9 Å². The van der Waals surface area contributed by atoms with Gasteiger partial charge in [-0.3, -0.25) is 9.59 Å². The predicted molar refractivity (Wildman–Crippen MR) is 127 cm³/mol. The number of benzene rings is 1. The molecule has 2 aliphatic rings. The number of hydrogen-bond donors (Lipinski definition) is 2. The van der Waals surface area contributed by atoms with Crippen molar-refractivity contribution in [3.63, 3.8) is 0 Å². The molecule has 1 saturated heterocycles. The fourth-order valence-electron chi connectivity index (χ4n) is 4.33. The first-order valence-electron chi connectivity index (χ1n) is 11.9. The van der Waals surface area contributed by atoms with Crippen molar-refractivity contribution >= 4 is 17.7 Å². The first-order valence-corrected chi connectivity index (χ1v) is 11.9. The highest BCUT2D eigenvalue weighted by Gasteiger charge is 2.33. The molecule has 2 aromatic heterocycles. The Labute approximate surface area is 203 Å². The molecule has 5 rings (SSSR count). The largest absolute Gasteiger partial charge is 0.459 e. The van der Waals surface area contributed by atoms with Crippen LogP contribution in [-0.4, -0.2) is 42.0 Å². The number of piperidine rings is 1. The molecule has 35 heavy (non-hydrogen) atoms. The fourth-order valence-corrected chi connectivity index (χ4v) is 4.33. The summed E-state index contributed by atoms with van der Waals surface area (Å²) in [7, 11) is 0. The molecule has 3 aromatic rings. The van der Waals surface area contributed by atoms with Crippen LogP contribution >= 0.6 is 0 Å². The Kier molecular flexibility index (Phi) is 6.53. The molecule has 2 amide bonds. The van der Waals surface area contributed by atoms with Crippen molar-refractivity contribution in [2.45, 2.75) is 44.2 Å². The second-order valence-corrected chi connectivity index (χ2v) is 9.06. The molecule has 1 atom stereocenters. The summed E-state index contributed by atoms with van der Waals surface area (Å²) in [6, 6.07) is 14.9. The lowest BCUT2D eigenvalue weighted by Crippen LogP contribution is -2.51. The molecule has 9 heteroatoms. The minimum Gasteiger partial charge on any atom is -0.459 e. The summed E-state index contributed by atoms with van der Waals surface area (Å²) in [5.74, 6) is 0.626. The van der Waals surface area contributed by atoms with E-state index in [1.54, 1.807) is 12.1 Å². The van der Waals surface area contributed by atoms with E-state index in [-0.39, 0.29) is 35.4 Å². The van der Waals surface area contributed by atoms with Crippen LogP contribution < -0.4 is 15.5 Å². The van der Waals surface area contributed by atoms with Crippen LogP contribution in [0.2, 0.25) is 0 Å². The van der Waals surface area contributed by atoms with Crippen LogP contribution in [-0.2, 0) is 16.0 Å². The van der Waals surface area contributed by atoms with Gasteiger partial charge >= 0.3 is 0 Å². The first kappa shape index (κ1) is 22.7. The fraction of sp³-hybridized carbons (Fsp3) is 0.385. The molecule has 1 aromatic carbocycles. The van der Waals surface area contributed by atoms with Crippen molar-refractivity contribution in [3.8, 4) is 17.7 Å². The van der Waals surface area contributed by atoms with E-state index in [4.69, 9.17) is 8.83 Å². The highest BCUT2D eigenvalue weighted by molar-refractivity contribution is 5.89. The molecule has 0 spiro atoms. The number of nitrogens with zero attached hydrogens (tertiary/aromatic N) is 3. The molecular weight excluding hydrogens is 446 g/mol. The number of nitrogens with one attached hydrogen (secondary N) is 2. The number of anilines is 1. The Morgan fingerprint density at radius 3 is 2.54 bits per heavy atom. The number of carbonyl (C=O) groups is 2. The second-order valence-electron chi connectivity index (χ2n) is 9.06. The van der Waals surface area contributed by atoms with Gasteiger partial charge in [0.25, 0.3) is 5.89 Å². The van der Waals surface area contributed by atoms with Crippen molar-refractivity contribution in [1.29, 1.82) is 5.26 Å². The third-order valence-electron chi connectivity index (χ3n) is 6.44. The number of oxazole rings is 1. The smallest absolute Gasteiger partial charge is 0.266 e. The summed E-state index contributed by atoms with van der Waals surface area (Å²) in [5, 5.41) is 15.5. The Bertz CT molecular complexity index is 1200. The van der Waals surface area contributed by atoms with E-state index in [0.717, 1.165) is 18.4 Å². The molecule has 9 nitrogen and oxygen atoms in total. The van der Waals surface area contributed by atoms with Crippen LogP contribution in [0.5, 0.6) is 0 Å². The molecule has 180 valence electrons. The number of furan rings is 1. The van der Waals surface area contributed by atoms with E-state index in [2.05, 4.69) is 21.7 Å². The topological polar surface area (TPSA) is 124 Å². The number of carbonyl (C=O) groups excluding carboxylic acids is 2. The van der Waals surface area contributed by atoms with Crippen LogP contribution in [0.15, 0.2) is 57.6 Å². The summed E-state index contributed by atoms with van der Waals surface area (Å²) in [5.41, 5.74) is 1.19. The predicted octanol–water partition coefficient (Wildman–Crippen LogP) is 3.03. The van der Waals surface area contributed by atoms with E-state index < -0.39 is 6.04 Å². The van der Waals surface area contributed by atoms with Gasteiger partial charge in [-0.15, -0.1) is 0 Å². The van der Waals surface area contributed by atoms with Crippen LogP contribution in [0.4, 0.5) is 5.88 Å². The minimum atomic E-state index is -0.612. The van der Waals surface area contributed by atoms with E-state index in [9.17, 15) is 14.9 Å². The molecule has 0 radical (unpaired) electrons. The SMILES string of the molecule is N#Cc1nc(-c2ccco2)oc1N1CCC(C(=O)NC(Cc2ccccc2)C(=O)NC2CC2)CC1. The molecular formula is C26H27N5O4. The van der Waals surface area contributed by atoms with Gasteiger partial charge in [-0.05, 0) is 43.4 Å². The van der Waals surface area contributed by atoms with Crippen LogP contribution in [0.25, 0.3) is 11.7 Å². The van der Waals surface area contributed by atoms with Crippen LogP contribution in [0, 0.1) is 17.2 Å². The highest BCUT2D eigenvalue weighted by Crippen LogP contribution is 2.31. The van der Waals surface area contributed by atoms with Crippen molar-refractivity contribution in [2.24, 2.45) is 5.92 Å². The zero-order chi connectivity index (χ0) is 24.2. The minimum absolute atomic E-state index is 0.120. The van der Waals surface area contributed by atoms with E-state index >= 15 is 0 Å². The molecule has 1 unspecified atom stereocenters. The van der Waals surface area contributed by atoms with Gasteiger partial charge in [0, 0.05) is 31.5 Å². The van der Waals surface area contributed by atoms with Crippen molar-refractivity contribution in [3.05, 3.63) is 60.0 Å².